The van der Waals surface area contributed by atoms with Crippen LogP contribution < -0.4 is 21.3 Å². The highest BCUT2D eigenvalue weighted by Crippen LogP contribution is 2.28. The highest BCUT2D eigenvalue weighted by molar-refractivity contribution is 6.01. The highest BCUT2D eigenvalue weighted by Gasteiger charge is 2.15. The molecule has 1 aliphatic carbocycles. The molecule has 1 unspecified atom stereocenters. The van der Waals surface area contributed by atoms with Crippen molar-refractivity contribution in [3.8, 4) is 0 Å². The molecule has 0 spiro atoms. The molecule has 0 aliphatic heterocycles. The second kappa shape index (κ2) is 10.8. The molecular weight excluding hydrogens is 388 g/mol. The lowest BCUT2D eigenvalue weighted by atomic mass is 9.90. The first-order valence-electron chi connectivity index (χ1n) is 9.81. The third-order valence-electron chi connectivity index (χ3n) is 4.99. The van der Waals surface area contributed by atoms with Gasteiger partial charge in [0, 0.05) is 29.5 Å². The van der Waals surface area contributed by atoms with E-state index in [0.717, 1.165) is 24.9 Å². The van der Waals surface area contributed by atoms with E-state index < -0.39 is 0 Å². The second-order valence-corrected chi connectivity index (χ2v) is 7.26. The lowest BCUT2D eigenvalue weighted by Gasteiger charge is -2.19. The smallest absolute Gasteiger partial charge is 0.323 e. The van der Waals surface area contributed by atoms with Gasteiger partial charge in [-0.3, -0.25) is 4.79 Å². The van der Waals surface area contributed by atoms with E-state index in [1.165, 1.54) is 17.5 Å². The number of halogens is 1. The first kappa shape index (κ1) is 22.7. The quantitative estimate of drug-likeness (QED) is 0.562. The van der Waals surface area contributed by atoms with Gasteiger partial charge in [-0.15, -0.1) is 12.4 Å². The Bertz CT molecular complexity index is 856. The fourth-order valence-electron chi connectivity index (χ4n) is 3.52. The SMILES string of the molecule is CNCC(C)C(=O)Nc1cccc(NC(=O)Nc2cccc3c2CCCC3)c1.Cl. The molecule has 2 aromatic carbocycles. The summed E-state index contributed by atoms with van der Waals surface area (Å²) in [5.41, 5.74) is 4.72. The molecule has 4 N–H and O–H groups in total. The molecule has 0 bridgehead atoms. The normalized spacial score (nSPS) is 13.4. The van der Waals surface area contributed by atoms with Gasteiger partial charge in [-0.05, 0) is 68.1 Å². The number of benzene rings is 2. The van der Waals surface area contributed by atoms with Crippen molar-refractivity contribution in [3.63, 3.8) is 0 Å². The van der Waals surface area contributed by atoms with Gasteiger partial charge >= 0.3 is 6.03 Å². The van der Waals surface area contributed by atoms with Crippen LogP contribution in [0, 0.1) is 5.92 Å². The summed E-state index contributed by atoms with van der Waals surface area (Å²) in [5.74, 6) is -0.207. The van der Waals surface area contributed by atoms with E-state index >= 15 is 0 Å². The fourth-order valence-corrected chi connectivity index (χ4v) is 3.52. The van der Waals surface area contributed by atoms with Crippen LogP contribution >= 0.6 is 12.4 Å². The molecule has 156 valence electrons. The fraction of sp³-hybridized carbons (Fsp3) is 0.364. The summed E-state index contributed by atoms with van der Waals surface area (Å²) in [7, 11) is 1.82. The number of amides is 3. The van der Waals surface area contributed by atoms with Crippen LogP contribution in [0.5, 0.6) is 0 Å². The largest absolute Gasteiger partial charge is 0.326 e. The van der Waals surface area contributed by atoms with Gasteiger partial charge in [-0.25, -0.2) is 4.79 Å². The van der Waals surface area contributed by atoms with Gasteiger partial charge < -0.3 is 21.3 Å². The number of nitrogens with one attached hydrogen (secondary N) is 4. The van der Waals surface area contributed by atoms with E-state index in [0.29, 0.717) is 17.9 Å². The van der Waals surface area contributed by atoms with Crippen LogP contribution in [0.4, 0.5) is 21.9 Å². The molecule has 6 nitrogen and oxygen atoms in total. The molecular formula is C22H29ClN4O2. The van der Waals surface area contributed by atoms with Crippen molar-refractivity contribution in [2.75, 3.05) is 29.5 Å². The average molecular weight is 417 g/mol. The van der Waals surface area contributed by atoms with Crippen LogP contribution in [0.15, 0.2) is 42.5 Å². The predicted molar refractivity (Wildman–Crippen MR) is 121 cm³/mol. The summed E-state index contributed by atoms with van der Waals surface area (Å²) in [6.07, 6.45) is 4.42. The zero-order chi connectivity index (χ0) is 19.9. The number of hydrogen-bond acceptors (Lipinski definition) is 3. The monoisotopic (exact) mass is 416 g/mol. The van der Waals surface area contributed by atoms with Crippen LogP contribution in [0.1, 0.15) is 30.9 Å². The summed E-state index contributed by atoms with van der Waals surface area (Å²) in [6.45, 7) is 2.47. The summed E-state index contributed by atoms with van der Waals surface area (Å²) >= 11 is 0. The molecule has 3 rings (SSSR count). The van der Waals surface area contributed by atoms with Gasteiger partial charge in [0.2, 0.25) is 5.91 Å². The minimum Gasteiger partial charge on any atom is -0.326 e. The third kappa shape index (κ3) is 6.21. The molecule has 2 aromatic rings. The molecule has 7 heteroatoms. The number of anilines is 3. The summed E-state index contributed by atoms with van der Waals surface area (Å²) < 4.78 is 0. The first-order valence-corrected chi connectivity index (χ1v) is 9.81. The Hall–Kier alpha value is -2.57. The molecule has 1 aliphatic rings. The van der Waals surface area contributed by atoms with E-state index in [4.69, 9.17) is 0 Å². The van der Waals surface area contributed by atoms with E-state index in [9.17, 15) is 9.59 Å². The van der Waals surface area contributed by atoms with E-state index in [2.05, 4.69) is 27.3 Å². The summed E-state index contributed by atoms with van der Waals surface area (Å²) in [6, 6.07) is 13.0. The summed E-state index contributed by atoms with van der Waals surface area (Å²) in [5, 5.41) is 11.7. The van der Waals surface area contributed by atoms with Crippen molar-refractivity contribution >= 4 is 41.4 Å². The average Bonchev–Trinajstić information content (AvgIpc) is 2.68. The molecule has 0 radical (unpaired) electrons. The van der Waals surface area contributed by atoms with Gasteiger partial charge in [-0.1, -0.05) is 25.1 Å². The number of carbonyl (C=O) groups is 2. The molecule has 0 fully saturated rings. The molecule has 1 atom stereocenters. The Balaban J connectivity index is 0.00000300. The van der Waals surface area contributed by atoms with Gasteiger partial charge in [0.1, 0.15) is 0 Å². The predicted octanol–water partition coefficient (Wildman–Crippen LogP) is 4.43. The summed E-state index contributed by atoms with van der Waals surface area (Å²) in [4.78, 5) is 24.6. The van der Waals surface area contributed by atoms with Crippen LogP contribution in [0.25, 0.3) is 0 Å². The van der Waals surface area contributed by atoms with Gasteiger partial charge in [0.25, 0.3) is 0 Å². The lowest BCUT2D eigenvalue weighted by Crippen LogP contribution is -2.28. The maximum Gasteiger partial charge on any atom is 0.323 e. The first-order chi connectivity index (χ1) is 13.6. The Labute approximate surface area is 178 Å². The van der Waals surface area contributed by atoms with Gasteiger partial charge in [0.15, 0.2) is 0 Å². The molecule has 29 heavy (non-hydrogen) atoms. The molecule has 0 heterocycles. The van der Waals surface area contributed by atoms with Crippen molar-refractivity contribution < 1.29 is 9.59 Å². The van der Waals surface area contributed by atoms with Crippen LogP contribution in [0.2, 0.25) is 0 Å². The molecule has 0 aromatic heterocycles. The lowest BCUT2D eigenvalue weighted by molar-refractivity contribution is -0.119. The van der Waals surface area contributed by atoms with Crippen molar-refractivity contribution in [1.82, 2.24) is 5.32 Å². The zero-order valence-corrected chi connectivity index (χ0v) is 17.7. The van der Waals surface area contributed by atoms with Gasteiger partial charge in [0.05, 0.1) is 0 Å². The third-order valence-corrected chi connectivity index (χ3v) is 4.99. The number of aryl methyl sites for hydroxylation is 1. The van der Waals surface area contributed by atoms with E-state index in [1.54, 1.807) is 24.3 Å². The van der Waals surface area contributed by atoms with Gasteiger partial charge in [-0.2, -0.15) is 0 Å². The highest BCUT2D eigenvalue weighted by atomic mass is 35.5. The van der Waals surface area contributed by atoms with Crippen molar-refractivity contribution in [1.29, 1.82) is 0 Å². The van der Waals surface area contributed by atoms with Crippen LogP contribution in [-0.4, -0.2) is 25.5 Å². The second-order valence-electron chi connectivity index (χ2n) is 7.26. The number of carbonyl (C=O) groups excluding carboxylic acids is 2. The number of rotatable bonds is 6. The van der Waals surface area contributed by atoms with Crippen molar-refractivity contribution in [3.05, 3.63) is 53.6 Å². The standard InChI is InChI=1S/C22H28N4O2.ClH/c1-15(14-23-2)21(27)24-17-9-6-10-18(13-17)25-22(28)26-20-12-5-8-16-7-3-4-11-19(16)20;/h5-6,8-10,12-13,15,23H,3-4,7,11,14H2,1-2H3,(H,24,27)(H2,25,26,28);1H. The van der Waals surface area contributed by atoms with Crippen molar-refractivity contribution in [2.45, 2.75) is 32.6 Å². The maximum atomic E-state index is 12.5. The Morgan fingerprint density at radius 3 is 2.41 bits per heavy atom. The topological polar surface area (TPSA) is 82.3 Å². The number of urea groups is 1. The number of hydrogen-bond donors (Lipinski definition) is 4. The minimum absolute atomic E-state index is 0. The zero-order valence-electron chi connectivity index (χ0n) is 16.9. The molecule has 3 amide bonds. The van der Waals surface area contributed by atoms with Crippen LogP contribution in [0.3, 0.4) is 0 Å². The Morgan fingerprint density at radius 2 is 1.66 bits per heavy atom. The van der Waals surface area contributed by atoms with E-state index in [-0.39, 0.29) is 30.3 Å². The van der Waals surface area contributed by atoms with Crippen LogP contribution in [-0.2, 0) is 17.6 Å². The van der Waals surface area contributed by atoms with E-state index in [1.807, 2.05) is 26.1 Å². The van der Waals surface area contributed by atoms with Crippen molar-refractivity contribution in [2.24, 2.45) is 5.92 Å². The minimum atomic E-state index is -0.286. The molecule has 0 saturated carbocycles. The Morgan fingerprint density at radius 1 is 0.966 bits per heavy atom. The molecule has 0 saturated heterocycles. The number of fused-ring (bicyclic) bond motifs is 1. The Kier molecular flexibility index (Phi) is 8.49. The maximum absolute atomic E-state index is 12.5.